The van der Waals surface area contributed by atoms with Gasteiger partial charge >= 0.3 is 0 Å². The molecular weight excluding hydrogens is 282 g/mol. The van der Waals surface area contributed by atoms with E-state index >= 15 is 0 Å². The molecule has 7 nitrogen and oxygen atoms in total. The number of aromatic nitrogens is 3. The Kier molecular flexibility index (Phi) is 5.65. The zero-order valence-electron chi connectivity index (χ0n) is 12.5. The lowest BCUT2D eigenvalue weighted by Gasteiger charge is -2.12. The Balaban J connectivity index is 2.06. The van der Waals surface area contributed by atoms with Crippen molar-refractivity contribution in [2.75, 3.05) is 17.6 Å². The van der Waals surface area contributed by atoms with Crippen molar-refractivity contribution in [2.45, 2.75) is 26.4 Å². The summed E-state index contributed by atoms with van der Waals surface area (Å²) in [6, 6.07) is 3.32. The van der Waals surface area contributed by atoms with Crippen LogP contribution in [0.25, 0.3) is 0 Å². The van der Waals surface area contributed by atoms with Crippen LogP contribution in [0.5, 0.6) is 5.75 Å². The third-order valence-corrected chi connectivity index (χ3v) is 2.95. The van der Waals surface area contributed by atoms with Crippen molar-refractivity contribution in [3.8, 4) is 5.75 Å². The van der Waals surface area contributed by atoms with Crippen LogP contribution in [0.2, 0.25) is 0 Å². The molecular formula is C15H19N5O2. The molecule has 2 heterocycles. The first-order valence-electron chi connectivity index (χ1n) is 7.12. The minimum Gasteiger partial charge on any atom is -0.482 e. The molecule has 7 heteroatoms. The summed E-state index contributed by atoms with van der Waals surface area (Å²) in [6.07, 6.45) is 5.97. The molecule has 0 radical (unpaired) electrons. The number of ether oxygens (including phenoxy) is 1. The number of nitrogen functional groups attached to an aromatic ring is 1. The maximum absolute atomic E-state index is 10.8. The first-order valence-corrected chi connectivity index (χ1v) is 7.12. The molecule has 22 heavy (non-hydrogen) atoms. The van der Waals surface area contributed by atoms with Crippen LogP contribution in [0.15, 0.2) is 24.5 Å². The van der Waals surface area contributed by atoms with Crippen LogP contribution in [-0.2, 0) is 6.61 Å². The summed E-state index contributed by atoms with van der Waals surface area (Å²) in [4.78, 5) is 23.0. The zero-order chi connectivity index (χ0) is 15.8. The Morgan fingerprint density at radius 3 is 3.05 bits per heavy atom. The van der Waals surface area contributed by atoms with Crippen LogP contribution in [0.3, 0.4) is 0 Å². The minimum absolute atomic E-state index is 0.187. The van der Waals surface area contributed by atoms with Gasteiger partial charge in [0, 0.05) is 18.3 Å². The van der Waals surface area contributed by atoms with Crippen molar-refractivity contribution < 1.29 is 9.53 Å². The highest BCUT2D eigenvalue weighted by Gasteiger charge is 2.08. The van der Waals surface area contributed by atoms with E-state index in [4.69, 9.17) is 10.5 Å². The number of carbonyl (C=O) groups excluding carboxylic acids is 1. The van der Waals surface area contributed by atoms with Crippen molar-refractivity contribution in [1.29, 1.82) is 0 Å². The van der Waals surface area contributed by atoms with E-state index in [0.717, 1.165) is 25.7 Å². The molecule has 0 aliphatic carbocycles. The summed E-state index contributed by atoms with van der Waals surface area (Å²) in [5.74, 6) is 1.25. The molecule has 0 saturated heterocycles. The van der Waals surface area contributed by atoms with Crippen LogP contribution in [0.4, 0.5) is 11.8 Å². The topological polar surface area (TPSA) is 103 Å². The Morgan fingerprint density at radius 1 is 1.41 bits per heavy atom. The second-order valence-electron chi connectivity index (χ2n) is 4.71. The second-order valence-corrected chi connectivity index (χ2v) is 4.71. The number of nitrogens with two attached hydrogens (primary N) is 1. The van der Waals surface area contributed by atoms with Crippen molar-refractivity contribution in [3.05, 3.63) is 35.8 Å². The predicted molar refractivity (Wildman–Crippen MR) is 83.8 cm³/mol. The third kappa shape index (κ3) is 4.41. The van der Waals surface area contributed by atoms with Gasteiger partial charge in [-0.15, -0.1) is 0 Å². The molecule has 0 bridgehead atoms. The molecule has 0 amide bonds. The number of rotatable bonds is 8. The van der Waals surface area contributed by atoms with Gasteiger partial charge in [0.2, 0.25) is 5.95 Å². The van der Waals surface area contributed by atoms with Crippen LogP contribution >= 0.6 is 0 Å². The van der Waals surface area contributed by atoms with E-state index in [1.807, 2.05) is 0 Å². The van der Waals surface area contributed by atoms with Crippen molar-refractivity contribution in [2.24, 2.45) is 0 Å². The third-order valence-electron chi connectivity index (χ3n) is 2.95. The van der Waals surface area contributed by atoms with E-state index in [1.165, 1.54) is 6.20 Å². The van der Waals surface area contributed by atoms with Gasteiger partial charge in [0.25, 0.3) is 0 Å². The fourth-order valence-corrected chi connectivity index (χ4v) is 1.80. The summed E-state index contributed by atoms with van der Waals surface area (Å²) >= 11 is 0. The van der Waals surface area contributed by atoms with E-state index in [1.54, 1.807) is 18.3 Å². The molecule has 2 aromatic rings. The predicted octanol–water partition coefficient (Wildman–Crippen LogP) is 2.06. The van der Waals surface area contributed by atoms with Crippen LogP contribution in [0, 0.1) is 0 Å². The lowest BCUT2D eigenvalue weighted by molar-refractivity contribution is 0.112. The normalized spacial score (nSPS) is 10.2. The van der Waals surface area contributed by atoms with Crippen LogP contribution in [-0.4, -0.2) is 27.8 Å². The molecule has 0 aliphatic heterocycles. The number of pyridine rings is 1. The molecule has 0 spiro atoms. The maximum Gasteiger partial charge on any atom is 0.222 e. The van der Waals surface area contributed by atoms with Crippen LogP contribution in [0.1, 0.15) is 35.8 Å². The van der Waals surface area contributed by atoms with E-state index in [9.17, 15) is 4.79 Å². The standard InChI is InChI=1S/C15H19N5O2/c1-2-3-5-18-14-13(8-19-15(16)20-14)22-10-12-7-11(9-21)4-6-17-12/h4,6-9H,2-3,5,10H2,1H3,(H3,16,18,19,20). The second kappa shape index (κ2) is 7.92. The number of hydrogen-bond donors (Lipinski definition) is 2. The van der Waals surface area contributed by atoms with Gasteiger partial charge in [-0.05, 0) is 18.6 Å². The highest BCUT2D eigenvalue weighted by Crippen LogP contribution is 2.22. The Hall–Kier alpha value is -2.70. The van der Waals surface area contributed by atoms with E-state index in [0.29, 0.717) is 22.8 Å². The molecule has 0 aromatic carbocycles. The zero-order valence-corrected chi connectivity index (χ0v) is 12.5. The molecule has 0 unspecified atom stereocenters. The monoisotopic (exact) mass is 301 g/mol. The average Bonchev–Trinajstić information content (AvgIpc) is 2.54. The first-order chi connectivity index (χ1) is 10.7. The first kappa shape index (κ1) is 15.7. The summed E-state index contributed by atoms with van der Waals surface area (Å²) in [7, 11) is 0. The molecule has 0 fully saturated rings. The average molecular weight is 301 g/mol. The van der Waals surface area contributed by atoms with E-state index in [-0.39, 0.29) is 12.6 Å². The van der Waals surface area contributed by atoms with Gasteiger partial charge < -0.3 is 15.8 Å². The molecule has 2 aromatic heterocycles. The van der Waals surface area contributed by atoms with Gasteiger partial charge in [-0.1, -0.05) is 13.3 Å². The van der Waals surface area contributed by atoms with E-state index < -0.39 is 0 Å². The molecule has 3 N–H and O–H groups in total. The Labute approximate surface area is 129 Å². The summed E-state index contributed by atoms with van der Waals surface area (Å²) in [6.45, 7) is 3.11. The van der Waals surface area contributed by atoms with E-state index in [2.05, 4.69) is 27.2 Å². The summed E-state index contributed by atoms with van der Waals surface area (Å²) in [5.41, 5.74) is 6.82. The van der Waals surface area contributed by atoms with Gasteiger partial charge in [-0.2, -0.15) is 4.98 Å². The van der Waals surface area contributed by atoms with Crippen LogP contribution < -0.4 is 15.8 Å². The van der Waals surface area contributed by atoms with Gasteiger partial charge in [-0.25, -0.2) is 4.98 Å². The Bertz CT molecular complexity index is 633. The van der Waals surface area contributed by atoms with Crippen molar-refractivity contribution >= 4 is 18.1 Å². The van der Waals surface area contributed by atoms with Gasteiger partial charge in [0.05, 0.1) is 11.9 Å². The van der Waals surface area contributed by atoms with Gasteiger partial charge in [0.15, 0.2) is 11.6 Å². The van der Waals surface area contributed by atoms with Gasteiger partial charge in [0.1, 0.15) is 12.9 Å². The lowest BCUT2D eigenvalue weighted by atomic mass is 10.2. The largest absolute Gasteiger partial charge is 0.482 e. The van der Waals surface area contributed by atoms with Crippen molar-refractivity contribution in [3.63, 3.8) is 0 Å². The number of nitrogens with zero attached hydrogens (tertiary/aromatic N) is 3. The quantitative estimate of drug-likeness (QED) is 0.568. The minimum atomic E-state index is 0.187. The molecule has 0 saturated carbocycles. The number of nitrogens with one attached hydrogen (secondary N) is 1. The molecule has 0 atom stereocenters. The summed E-state index contributed by atoms with van der Waals surface area (Å²) in [5, 5.41) is 3.18. The fourth-order valence-electron chi connectivity index (χ4n) is 1.80. The summed E-state index contributed by atoms with van der Waals surface area (Å²) < 4.78 is 5.69. The fraction of sp³-hybridized carbons (Fsp3) is 0.333. The number of unbranched alkanes of at least 4 members (excludes halogenated alkanes) is 1. The number of anilines is 2. The smallest absolute Gasteiger partial charge is 0.222 e. The number of carbonyl (C=O) groups is 1. The lowest BCUT2D eigenvalue weighted by Crippen LogP contribution is -2.09. The number of hydrogen-bond acceptors (Lipinski definition) is 7. The SMILES string of the molecule is CCCCNc1nc(N)ncc1OCc1cc(C=O)ccn1. The molecule has 2 rings (SSSR count). The maximum atomic E-state index is 10.8. The highest BCUT2D eigenvalue weighted by molar-refractivity contribution is 5.74. The number of aldehydes is 1. The molecule has 116 valence electrons. The highest BCUT2D eigenvalue weighted by atomic mass is 16.5. The molecule has 0 aliphatic rings. The van der Waals surface area contributed by atoms with Gasteiger partial charge in [-0.3, -0.25) is 9.78 Å². The Morgan fingerprint density at radius 2 is 2.27 bits per heavy atom. The van der Waals surface area contributed by atoms with Crippen molar-refractivity contribution in [1.82, 2.24) is 15.0 Å².